The van der Waals surface area contributed by atoms with Crippen LogP contribution >= 0.6 is 0 Å². The number of oxime groups is 1. The number of hydrogen-bond acceptors (Lipinski definition) is 4. The predicted molar refractivity (Wildman–Crippen MR) is 63.7 cm³/mol. The van der Waals surface area contributed by atoms with Gasteiger partial charge in [0.25, 0.3) is 0 Å². The lowest BCUT2D eigenvalue weighted by Gasteiger charge is -2.22. The van der Waals surface area contributed by atoms with Crippen molar-refractivity contribution in [1.29, 1.82) is 0 Å². The van der Waals surface area contributed by atoms with E-state index in [1.807, 2.05) is 0 Å². The molecule has 1 saturated heterocycles. The highest BCUT2D eigenvalue weighted by Gasteiger charge is 2.16. The van der Waals surface area contributed by atoms with E-state index < -0.39 is 0 Å². The van der Waals surface area contributed by atoms with Crippen LogP contribution in [0.25, 0.3) is 0 Å². The van der Waals surface area contributed by atoms with Crippen molar-refractivity contribution in [3.8, 4) is 0 Å². The van der Waals surface area contributed by atoms with Crippen molar-refractivity contribution in [1.82, 2.24) is 4.90 Å². The Balaban J connectivity index is 2.26. The van der Waals surface area contributed by atoms with Gasteiger partial charge in [-0.05, 0) is 32.2 Å². The minimum atomic E-state index is 0.279. The lowest BCUT2D eigenvalue weighted by atomic mass is 10.2. The number of rotatable bonds is 7. The van der Waals surface area contributed by atoms with Crippen molar-refractivity contribution in [2.24, 2.45) is 10.9 Å². The third-order valence-corrected chi connectivity index (χ3v) is 2.85. The molecule has 0 aromatic rings. The summed E-state index contributed by atoms with van der Waals surface area (Å²) in [6.07, 6.45) is 4.87. The fourth-order valence-corrected chi connectivity index (χ4v) is 2.05. The van der Waals surface area contributed by atoms with Crippen LogP contribution in [0.1, 0.15) is 32.6 Å². The van der Waals surface area contributed by atoms with E-state index in [0.717, 1.165) is 32.5 Å². The van der Waals surface area contributed by atoms with Crippen molar-refractivity contribution in [3.05, 3.63) is 0 Å². The lowest BCUT2D eigenvalue weighted by Crippen LogP contribution is -2.36. The van der Waals surface area contributed by atoms with Gasteiger partial charge in [0.15, 0.2) is 5.84 Å². The highest BCUT2D eigenvalue weighted by Crippen LogP contribution is 2.15. The zero-order chi connectivity index (χ0) is 11.8. The highest BCUT2D eigenvalue weighted by molar-refractivity contribution is 5.81. The fourth-order valence-electron chi connectivity index (χ4n) is 2.05. The first kappa shape index (κ1) is 13.3. The number of nitrogens with zero attached hydrogens (tertiary/aromatic N) is 2. The van der Waals surface area contributed by atoms with Crippen LogP contribution in [0.5, 0.6) is 0 Å². The molecule has 1 aliphatic rings. The molecule has 5 nitrogen and oxygen atoms in total. The topological polar surface area (TPSA) is 71.1 Å². The van der Waals surface area contributed by atoms with Gasteiger partial charge < -0.3 is 15.7 Å². The van der Waals surface area contributed by atoms with Crippen LogP contribution in [-0.4, -0.2) is 48.3 Å². The first-order chi connectivity index (χ1) is 7.76. The molecule has 16 heavy (non-hydrogen) atoms. The van der Waals surface area contributed by atoms with Crippen LogP contribution in [0.4, 0.5) is 0 Å². The van der Waals surface area contributed by atoms with Gasteiger partial charge in [-0.2, -0.15) is 0 Å². The summed E-state index contributed by atoms with van der Waals surface area (Å²) in [6.45, 7) is 5.50. The van der Waals surface area contributed by atoms with E-state index in [0.29, 0.717) is 12.6 Å². The van der Waals surface area contributed by atoms with E-state index in [1.54, 1.807) is 0 Å². The number of nitrogens with two attached hydrogens (primary N) is 1. The average Bonchev–Trinajstić information content (AvgIpc) is 2.79. The minimum absolute atomic E-state index is 0.279. The molecule has 5 heteroatoms. The Morgan fingerprint density at radius 1 is 1.56 bits per heavy atom. The zero-order valence-electron chi connectivity index (χ0n) is 10.1. The number of hydrogen-bond donors (Lipinski definition) is 2. The summed E-state index contributed by atoms with van der Waals surface area (Å²) in [4.78, 5) is 2.21. The summed E-state index contributed by atoms with van der Waals surface area (Å²) in [5.41, 5.74) is 5.51. The zero-order valence-corrected chi connectivity index (χ0v) is 10.1. The summed E-state index contributed by atoms with van der Waals surface area (Å²) in [5.74, 6) is 0.279. The Bertz CT molecular complexity index is 215. The lowest BCUT2D eigenvalue weighted by molar-refractivity contribution is 0.0938. The molecule has 0 bridgehead atoms. The molecular weight excluding hydrogens is 206 g/mol. The number of amidine groups is 1. The van der Waals surface area contributed by atoms with Crippen LogP contribution in [0.3, 0.4) is 0 Å². The molecule has 0 spiro atoms. The molecule has 0 saturated carbocycles. The van der Waals surface area contributed by atoms with Crippen molar-refractivity contribution in [2.75, 3.05) is 26.2 Å². The number of ether oxygens (including phenoxy) is 1. The summed E-state index contributed by atoms with van der Waals surface area (Å²) in [7, 11) is 0. The van der Waals surface area contributed by atoms with Gasteiger partial charge in [-0.1, -0.05) is 12.1 Å². The van der Waals surface area contributed by atoms with E-state index in [4.69, 9.17) is 15.7 Å². The SMILES string of the molecule is CCCN(CCC1CCCO1)CC(N)=NO. The van der Waals surface area contributed by atoms with E-state index in [2.05, 4.69) is 17.0 Å². The van der Waals surface area contributed by atoms with E-state index in [9.17, 15) is 0 Å². The molecular formula is C11H23N3O2. The van der Waals surface area contributed by atoms with E-state index in [1.165, 1.54) is 12.8 Å². The molecule has 1 atom stereocenters. The Morgan fingerprint density at radius 2 is 2.38 bits per heavy atom. The van der Waals surface area contributed by atoms with Crippen LogP contribution in [0, 0.1) is 0 Å². The molecule has 0 amide bonds. The molecule has 1 aliphatic heterocycles. The van der Waals surface area contributed by atoms with E-state index >= 15 is 0 Å². The second kappa shape index (κ2) is 7.46. The monoisotopic (exact) mass is 229 g/mol. The normalized spacial score (nSPS) is 21.9. The van der Waals surface area contributed by atoms with Crippen molar-refractivity contribution in [2.45, 2.75) is 38.7 Å². The van der Waals surface area contributed by atoms with Gasteiger partial charge in [0.1, 0.15) is 0 Å². The van der Waals surface area contributed by atoms with E-state index in [-0.39, 0.29) is 5.84 Å². The fraction of sp³-hybridized carbons (Fsp3) is 0.909. The Labute approximate surface area is 97.2 Å². The average molecular weight is 229 g/mol. The van der Waals surface area contributed by atoms with Gasteiger partial charge in [0.05, 0.1) is 12.6 Å². The third kappa shape index (κ3) is 4.81. The van der Waals surface area contributed by atoms with Crippen LogP contribution in [0.2, 0.25) is 0 Å². The molecule has 1 unspecified atom stereocenters. The summed E-state index contributed by atoms with van der Waals surface area (Å²) in [6, 6.07) is 0. The summed E-state index contributed by atoms with van der Waals surface area (Å²) < 4.78 is 5.58. The molecule has 0 radical (unpaired) electrons. The Morgan fingerprint density at radius 3 is 2.94 bits per heavy atom. The van der Waals surface area contributed by atoms with Crippen molar-refractivity contribution >= 4 is 5.84 Å². The summed E-state index contributed by atoms with van der Waals surface area (Å²) >= 11 is 0. The molecule has 94 valence electrons. The Kier molecular flexibility index (Phi) is 6.18. The molecule has 1 rings (SSSR count). The van der Waals surface area contributed by atoms with Gasteiger partial charge in [0, 0.05) is 13.2 Å². The second-order valence-corrected chi connectivity index (χ2v) is 4.29. The van der Waals surface area contributed by atoms with Crippen molar-refractivity contribution in [3.63, 3.8) is 0 Å². The minimum Gasteiger partial charge on any atom is -0.409 e. The van der Waals surface area contributed by atoms with Gasteiger partial charge in [0.2, 0.25) is 0 Å². The second-order valence-electron chi connectivity index (χ2n) is 4.29. The summed E-state index contributed by atoms with van der Waals surface area (Å²) in [5, 5.41) is 11.6. The molecule has 0 aromatic carbocycles. The van der Waals surface area contributed by atoms with Gasteiger partial charge in [-0.15, -0.1) is 0 Å². The molecule has 3 N–H and O–H groups in total. The maximum atomic E-state index is 8.54. The van der Waals surface area contributed by atoms with Gasteiger partial charge >= 0.3 is 0 Å². The molecule has 0 aliphatic carbocycles. The maximum Gasteiger partial charge on any atom is 0.153 e. The van der Waals surface area contributed by atoms with Gasteiger partial charge in [-0.3, -0.25) is 4.90 Å². The van der Waals surface area contributed by atoms with Crippen molar-refractivity contribution < 1.29 is 9.94 Å². The molecule has 0 aromatic heterocycles. The third-order valence-electron chi connectivity index (χ3n) is 2.85. The van der Waals surface area contributed by atoms with Crippen LogP contribution in [-0.2, 0) is 4.74 Å². The molecule has 1 fully saturated rings. The quantitative estimate of drug-likeness (QED) is 0.296. The molecule has 1 heterocycles. The smallest absolute Gasteiger partial charge is 0.153 e. The first-order valence-electron chi connectivity index (χ1n) is 6.06. The highest BCUT2D eigenvalue weighted by atomic mass is 16.5. The van der Waals surface area contributed by atoms with Crippen LogP contribution in [0.15, 0.2) is 5.16 Å². The van der Waals surface area contributed by atoms with Crippen LogP contribution < -0.4 is 5.73 Å². The largest absolute Gasteiger partial charge is 0.409 e. The standard InChI is InChI=1S/C11H23N3O2/c1-2-6-14(9-11(12)13-15)7-5-10-4-3-8-16-10/h10,15H,2-9H2,1H3,(H2,12,13). The maximum absolute atomic E-state index is 8.54. The van der Waals surface area contributed by atoms with Gasteiger partial charge in [-0.25, -0.2) is 0 Å². The first-order valence-corrected chi connectivity index (χ1v) is 6.06. The predicted octanol–water partition coefficient (Wildman–Crippen LogP) is 1.01. The Hall–Kier alpha value is -0.810.